The zero-order chi connectivity index (χ0) is 9.26. The summed E-state index contributed by atoms with van der Waals surface area (Å²) in [4.78, 5) is 10.7. The molecule has 0 radical (unpaired) electrons. The van der Waals surface area contributed by atoms with Crippen molar-refractivity contribution in [1.29, 1.82) is 0 Å². The molecule has 1 heterocycles. The fourth-order valence-electron chi connectivity index (χ4n) is 0.939. The minimum absolute atomic E-state index is 0.0564. The Morgan fingerprint density at radius 2 is 2.38 bits per heavy atom. The van der Waals surface area contributed by atoms with Crippen molar-refractivity contribution in [2.24, 2.45) is 0 Å². The Balaban J connectivity index is 2.00. The van der Waals surface area contributed by atoms with E-state index in [9.17, 15) is 4.79 Å². The van der Waals surface area contributed by atoms with Gasteiger partial charge in [0.2, 0.25) is 5.89 Å². The molecule has 0 atom stereocenters. The second-order valence-electron chi connectivity index (χ2n) is 2.93. The summed E-state index contributed by atoms with van der Waals surface area (Å²) in [6, 6.07) is 0.0564. The number of hydrogen-bond acceptors (Lipinski definition) is 5. The molecule has 0 aliphatic heterocycles. The van der Waals surface area contributed by atoms with Crippen LogP contribution in [0.3, 0.4) is 0 Å². The topological polar surface area (TPSA) is 88.2 Å². The van der Waals surface area contributed by atoms with Crippen LogP contribution in [-0.4, -0.2) is 27.8 Å². The Hall–Kier alpha value is -1.43. The third-order valence-corrected chi connectivity index (χ3v) is 1.76. The Morgan fingerprint density at radius 1 is 1.62 bits per heavy atom. The van der Waals surface area contributed by atoms with E-state index >= 15 is 0 Å². The fraction of sp³-hybridized carbons (Fsp3) is 0.571. The molecule has 0 aromatic carbocycles. The molecule has 0 bridgehead atoms. The lowest BCUT2D eigenvalue weighted by Gasteiger charge is -1.93. The highest BCUT2D eigenvalue weighted by atomic mass is 16.4. The third-order valence-electron chi connectivity index (χ3n) is 1.76. The van der Waals surface area contributed by atoms with Crippen LogP contribution in [0.15, 0.2) is 4.42 Å². The van der Waals surface area contributed by atoms with Crippen LogP contribution in [-0.2, 0) is 4.79 Å². The highest BCUT2D eigenvalue weighted by Gasteiger charge is 2.29. The van der Waals surface area contributed by atoms with Crippen molar-refractivity contribution < 1.29 is 14.3 Å². The average molecular weight is 183 g/mol. The smallest absolute Gasteiger partial charge is 0.322 e. The molecule has 6 nitrogen and oxygen atoms in total. The molecular weight excluding hydrogens is 174 g/mol. The zero-order valence-electron chi connectivity index (χ0n) is 6.86. The summed E-state index contributed by atoms with van der Waals surface area (Å²) >= 11 is 0. The van der Waals surface area contributed by atoms with Crippen LogP contribution in [0.1, 0.15) is 24.7 Å². The third kappa shape index (κ3) is 1.83. The molecule has 0 unspecified atom stereocenters. The molecule has 2 N–H and O–H groups in total. The van der Waals surface area contributed by atoms with Crippen LogP contribution >= 0.6 is 0 Å². The summed E-state index contributed by atoms with van der Waals surface area (Å²) in [6.45, 7) is -0.582. The molecular formula is C7H9N3O3. The maximum absolute atomic E-state index is 10.7. The quantitative estimate of drug-likeness (QED) is 0.681. The first-order valence-corrected chi connectivity index (χ1v) is 4.03. The number of nitrogens with zero attached hydrogens (tertiary/aromatic N) is 2. The van der Waals surface area contributed by atoms with Gasteiger partial charge in [0.1, 0.15) is 6.61 Å². The second-order valence-corrected chi connectivity index (χ2v) is 2.93. The Bertz CT molecular complexity index is 319. The first-order chi connectivity index (χ1) is 6.29. The molecule has 1 aromatic heterocycles. The van der Waals surface area contributed by atoms with Crippen molar-refractivity contribution >= 4 is 11.9 Å². The predicted molar refractivity (Wildman–Crippen MR) is 42.0 cm³/mol. The van der Waals surface area contributed by atoms with E-state index in [-0.39, 0.29) is 6.01 Å². The van der Waals surface area contributed by atoms with Gasteiger partial charge < -0.3 is 9.52 Å². The number of carbonyl (C=O) groups excluding carboxylic acids is 1. The Kier molecular flexibility index (Phi) is 1.97. The average Bonchev–Trinajstić information content (AvgIpc) is 2.88. The molecule has 1 aromatic rings. The van der Waals surface area contributed by atoms with E-state index in [0.717, 1.165) is 12.8 Å². The van der Waals surface area contributed by atoms with E-state index in [0.29, 0.717) is 11.8 Å². The van der Waals surface area contributed by atoms with Crippen molar-refractivity contribution in [2.75, 3.05) is 11.9 Å². The number of carbonyl (C=O) groups is 1. The monoisotopic (exact) mass is 183 g/mol. The lowest BCUT2D eigenvalue weighted by atomic mass is 10.4. The van der Waals surface area contributed by atoms with E-state index in [1.807, 2.05) is 0 Å². The molecule has 1 fully saturated rings. The Morgan fingerprint density at radius 3 is 3.00 bits per heavy atom. The number of rotatable bonds is 3. The van der Waals surface area contributed by atoms with Crippen LogP contribution in [0.2, 0.25) is 0 Å². The molecule has 1 amide bonds. The normalized spacial score (nSPS) is 15.8. The van der Waals surface area contributed by atoms with Crippen molar-refractivity contribution in [1.82, 2.24) is 10.2 Å². The van der Waals surface area contributed by atoms with Gasteiger partial charge in [0.25, 0.3) is 5.91 Å². The van der Waals surface area contributed by atoms with Crippen molar-refractivity contribution in [2.45, 2.75) is 18.8 Å². The van der Waals surface area contributed by atoms with E-state index in [1.165, 1.54) is 0 Å². The van der Waals surface area contributed by atoms with Gasteiger partial charge >= 0.3 is 6.01 Å². The van der Waals surface area contributed by atoms with Gasteiger partial charge in [0.05, 0.1) is 0 Å². The van der Waals surface area contributed by atoms with Gasteiger partial charge in [-0.2, -0.15) is 0 Å². The minimum Gasteiger partial charge on any atom is -0.408 e. The minimum atomic E-state index is -0.582. The first kappa shape index (κ1) is 8.18. The summed E-state index contributed by atoms with van der Waals surface area (Å²) < 4.78 is 5.11. The van der Waals surface area contributed by atoms with E-state index in [1.54, 1.807) is 0 Å². The number of aromatic nitrogens is 2. The van der Waals surface area contributed by atoms with Gasteiger partial charge in [-0.05, 0) is 12.8 Å². The number of hydrogen-bond donors (Lipinski definition) is 2. The van der Waals surface area contributed by atoms with Crippen molar-refractivity contribution in [3.05, 3.63) is 5.89 Å². The SMILES string of the molecule is O=C(CO)Nc1nnc(C2CC2)o1. The summed E-state index contributed by atoms with van der Waals surface area (Å²) in [7, 11) is 0. The van der Waals surface area contributed by atoms with Gasteiger partial charge in [0.15, 0.2) is 0 Å². The summed E-state index contributed by atoms with van der Waals surface area (Å²) in [5, 5.41) is 18.0. The van der Waals surface area contributed by atoms with Gasteiger partial charge in [-0.1, -0.05) is 5.10 Å². The molecule has 1 saturated carbocycles. The predicted octanol–water partition coefficient (Wildman–Crippen LogP) is -0.122. The van der Waals surface area contributed by atoms with Crippen LogP contribution in [0.5, 0.6) is 0 Å². The maximum atomic E-state index is 10.7. The lowest BCUT2D eigenvalue weighted by molar-refractivity contribution is -0.118. The van der Waals surface area contributed by atoms with Gasteiger partial charge in [-0.3, -0.25) is 10.1 Å². The van der Waals surface area contributed by atoms with Crippen molar-refractivity contribution in [3.63, 3.8) is 0 Å². The second kappa shape index (κ2) is 3.14. The number of aliphatic hydroxyl groups excluding tert-OH is 1. The molecule has 1 aliphatic carbocycles. The van der Waals surface area contributed by atoms with Crippen LogP contribution in [0.4, 0.5) is 6.01 Å². The van der Waals surface area contributed by atoms with Crippen LogP contribution in [0, 0.1) is 0 Å². The standard InChI is InChI=1S/C7H9N3O3/c11-3-5(12)8-7-10-9-6(13-7)4-1-2-4/h4,11H,1-3H2,(H,8,10,12). The zero-order valence-corrected chi connectivity index (χ0v) is 6.86. The molecule has 70 valence electrons. The number of aliphatic hydroxyl groups is 1. The molecule has 13 heavy (non-hydrogen) atoms. The highest BCUT2D eigenvalue weighted by molar-refractivity contribution is 5.89. The lowest BCUT2D eigenvalue weighted by Crippen LogP contribution is -2.15. The molecule has 6 heteroatoms. The molecule has 0 spiro atoms. The molecule has 1 aliphatic rings. The summed E-state index contributed by atoms with van der Waals surface area (Å²) in [5.41, 5.74) is 0. The van der Waals surface area contributed by atoms with Gasteiger partial charge in [0, 0.05) is 5.92 Å². The van der Waals surface area contributed by atoms with E-state index in [2.05, 4.69) is 15.5 Å². The van der Waals surface area contributed by atoms with Crippen LogP contribution < -0.4 is 5.32 Å². The summed E-state index contributed by atoms with van der Waals surface area (Å²) in [5.74, 6) is 0.381. The highest BCUT2D eigenvalue weighted by Crippen LogP contribution is 2.39. The number of anilines is 1. The number of amides is 1. The first-order valence-electron chi connectivity index (χ1n) is 4.03. The fourth-order valence-corrected chi connectivity index (χ4v) is 0.939. The molecule has 0 saturated heterocycles. The van der Waals surface area contributed by atoms with E-state index in [4.69, 9.17) is 9.52 Å². The van der Waals surface area contributed by atoms with Crippen molar-refractivity contribution in [3.8, 4) is 0 Å². The summed E-state index contributed by atoms with van der Waals surface area (Å²) in [6.07, 6.45) is 2.13. The van der Waals surface area contributed by atoms with Crippen LogP contribution in [0.25, 0.3) is 0 Å². The van der Waals surface area contributed by atoms with Gasteiger partial charge in [-0.15, -0.1) is 5.10 Å². The number of nitrogens with one attached hydrogen (secondary N) is 1. The molecule has 2 rings (SSSR count). The van der Waals surface area contributed by atoms with E-state index < -0.39 is 12.5 Å². The maximum Gasteiger partial charge on any atom is 0.322 e. The van der Waals surface area contributed by atoms with Gasteiger partial charge in [-0.25, -0.2) is 0 Å². The Labute approximate surface area is 74.0 Å². The largest absolute Gasteiger partial charge is 0.408 e.